The minimum Gasteiger partial charge on any atom is -0.340 e. The first-order valence-electron chi connectivity index (χ1n) is 10.2. The van der Waals surface area contributed by atoms with Gasteiger partial charge in [0.2, 0.25) is 0 Å². The average Bonchev–Trinajstić information content (AvgIpc) is 3.47. The third-order valence-corrected chi connectivity index (χ3v) is 6.99. The van der Waals surface area contributed by atoms with E-state index in [1.54, 1.807) is 24.0 Å². The van der Waals surface area contributed by atoms with Crippen LogP contribution in [0.4, 0.5) is 13.2 Å². The molecule has 164 valence electrons. The minimum atomic E-state index is -1.02. The van der Waals surface area contributed by atoms with Gasteiger partial charge in [0.25, 0.3) is 5.91 Å². The SMILES string of the molecule is Cc1nc(C(=O)N2CCCC2(C)c2nc3c(F)c(F)ccc3[nH]2)c(-c2cccc(F)c2)s1. The van der Waals surface area contributed by atoms with Gasteiger partial charge in [-0.1, -0.05) is 12.1 Å². The van der Waals surface area contributed by atoms with Crippen molar-refractivity contribution in [1.29, 1.82) is 0 Å². The van der Waals surface area contributed by atoms with Crippen molar-refractivity contribution in [2.45, 2.75) is 32.2 Å². The number of halogens is 3. The highest BCUT2D eigenvalue weighted by molar-refractivity contribution is 7.15. The molecule has 1 aliphatic rings. The second-order valence-corrected chi connectivity index (χ2v) is 9.30. The Morgan fingerprint density at radius 1 is 1.19 bits per heavy atom. The van der Waals surface area contributed by atoms with Gasteiger partial charge >= 0.3 is 0 Å². The highest BCUT2D eigenvalue weighted by atomic mass is 32.1. The van der Waals surface area contributed by atoms with Gasteiger partial charge in [-0.15, -0.1) is 11.3 Å². The lowest BCUT2D eigenvalue weighted by atomic mass is 9.97. The van der Waals surface area contributed by atoms with Gasteiger partial charge in [-0.3, -0.25) is 4.79 Å². The van der Waals surface area contributed by atoms with Crippen LogP contribution in [0, 0.1) is 24.4 Å². The summed E-state index contributed by atoms with van der Waals surface area (Å²) in [6.07, 6.45) is 1.32. The maximum absolute atomic E-state index is 14.2. The quantitative estimate of drug-likeness (QED) is 0.439. The van der Waals surface area contributed by atoms with Crippen LogP contribution in [0.3, 0.4) is 0 Å². The van der Waals surface area contributed by atoms with Crippen LogP contribution in [0.25, 0.3) is 21.5 Å². The molecule has 1 unspecified atom stereocenters. The zero-order chi connectivity index (χ0) is 22.6. The van der Waals surface area contributed by atoms with Gasteiger partial charge in [-0.25, -0.2) is 23.1 Å². The van der Waals surface area contributed by atoms with Crippen molar-refractivity contribution >= 4 is 28.3 Å². The molecular formula is C23H19F3N4OS. The zero-order valence-electron chi connectivity index (χ0n) is 17.4. The van der Waals surface area contributed by atoms with Crippen LogP contribution in [0.15, 0.2) is 36.4 Å². The van der Waals surface area contributed by atoms with E-state index in [-0.39, 0.29) is 17.1 Å². The summed E-state index contributed by atoms with van der Waals surface area (Å²) in [5.74, 6) is -2.30. The van der Waals surface area contributed by atoms with Crippen LogP contribution >= 0.6 is 11.3 Å². The molecule has 2 aromatic carbocycles. The average molecular weight is 456 g/mol. The molecule has 5 nitrogen and oxygen atoms in total. The second kappa shape index (κ2) is 7.44. The zero-order valence-corrected chi connectivity index (χ0v) is 18.2. The highest BCUT2D eigenvalue weighted by Gasteiger charge is 2.45. The van der Waals surface area contributed by atoms with E-state index in [4.69, 9.17) is 0 Å². The Balaban J connectivity index is 1.57. The van der Waals surface area contributed by atoms with Gasteiger partial charge in [-0.05, 0) is 56.5 Å². The normalized spacial score (nSPS) is 18.6. The summed E-state index contributed by atoms with van der Waals surface area (Å²) in [4.78, 5) is 27.8. The Bertz CT molecular complexity index is 1360. The lowest BCUT2D eigenvalue weighted by molar-refractivity contribution is 0.0601. The number of likely N-dealkylation sites (tertiary alicyclic amines) is 1. The van der Waals surface area contributed by atoms with Gasteiger partial charge in [0.1, 0.15) is 22.9 Å². The third kappa shape index (κ3) is 3.19. The van der Waals surface area contributed by atoms with Gasteiger partial charge in [0.05, 0.1) is 20.9 Å². The molecule has 1 N–H and O–H groups in total. The Morgan fingerprint density at radius 3 is 2.78 bits per heavy atom. The van der Waals surface area contributed by atoms with Crippen LogP contribution < -0.4 is 0 Å². The summed E-state index contributed by atoms with van der Waals surface area (Å²) in [5, 5.41) is 0.690. The van der Waals surface area contributed by atoms with Gasteiger partial charge in [0.15, 0.2) is 11.6 Å². The molecule has 9 heteroatoms. The molecule has 0 spiro atoms. The number of aryl methyl sites for hydroxylation is 1. The molecule has 4 aromatic rings. The maximum atomic E-state index is 14.2. The number of carbonyl (C=O) groups excluding carboxylic acids is 1. The van der Waals surface area contributed by atoms with Gasteiger partial charge in [0, 0.05) is 6.54 Å². The van der Waals surface area contributed by atoms with Crippen molar-refractivity contribution in [2.24, 2.45) is 0 Å². The fourth-order valence-corrected chi connectivity index (χ4v) is 5.24. The lowest BCUT2D eigenvalue weighted by Gasteiger charge is -2.33. The van der Waals surface area contributed by atoms with E-state index in [0.717, 1.165) is 6.07 Å². The van der Waals surface area contributed by atoms with Crippen molar-refractivity contribution in [3.05, 3.63) is 70.4 Å². The second-order valence-electron chi connectivity index (χ2n) is 8.10. The summed E-state index contributed by atoms with van der Waals surface area (Å²) in [6, 6.07) is 8.54. The van der Waals surface area contributed by atoms with Crippen LogP contribution in [-0.4, -0.2) is 32.3 Å². The number of nitrogens with zero attached hydrogens (tertiary/aromatic N) is 3. The largest absolute Gasteiger partial charge is 0.340 e. The third-order valence-electron chi connectivity index (χ3n) is 5.97. The summed E-state index contributed by atoms with van der Waals surface area (Å²) >= 11 is 1.33. The first-order chi connectivity index (χ1) is 15.3. The lowest BCUT2D eigenvalue weighted by Crippen LogP contribution is -2.44. The molecule has 0 saturated carbocycles. The molecule has 5 rings (SSSR count). The summed E-state index contributed by atoms with van der Waals surface area (Å²) in [5.41, 5.74) is 0.256. The number of thiazole rings is 1. The molecule has 0 aliphatic carbocycles. The molecule has 32 heavy (non-hydrogen) atoms. The topological polar surface area (TPSA) is 61.9 Å². The molecule has 0 bridgehead atoms. The Morgan fingerprint density at radius 2 is 2.00 bits per heavy atom. The fraction of sp³-hybridized carbons (Fsp3) is 0.261. The van der Waals surface area contributed by atoms with E-state index in [2.05, 4.69) is 15.0 Å². The van der Waals surface area contributed by atoms with Crippen molar-refractivity contribution in [3.8, 4) is 10.4 Å². The smallest absolute Gasteiger partial charge is 0.274 e. The van der Waals surface area contributed by atoms with Gasteiger partial charge in [-0.2, -0.15) is 0 Å². The van der Waals surface area contributed by atoms with E-state index < -0.39 is 23.0 Å². The molecular weight excluding hydrogens is 437 g/mol. The number of nitrogens with one attached hydrogen (secondary N) is 1. The molecule has 1 amide bonds. The van der Waals surface area contributed by atoms with Crippen molar-refractivity contribution < 1.29 is 18.0 Å². The predicted molar refractivity (Wildman–Crippen MR) is 116 cm³/mol. The number of carbonyl (C=O) groups is 1. The van der Waals surface area contributed by atoms with E-state index in [1.165, 1.54) is 29.5 Å². The standard InChI is InChI=1S/C23H19F3N4OS/c1-12-27-19(20(32-12)13-5-3-6-14(24)11-13)21(31)30-10-4-9-23(30,2)22-28-16-8-7-15(25)17(26)18(16)29-22/h3,5-8,11H,4,9-10H2,1-2H3,(H,28,29). The minimum absolute atomic E-state index is 0.0922. The number of rotatable bonds is 3. The number of aromatic amines is 1. The monoisotopic (exact) mass is 456 g/mol. The fourth-order valence-electron chi connectivity index (χ4n) is 4.33. The number of hydrogen-bond donors (Lipinski definition) is 1. The van der Waals surface area contributed by atoms with Crippen LogP contribution in [0.2, 0.25) is 0 Å². The number of fused-ring (bicyclic) bond motifs is 1. The molecule has 1 aliphatic heterocycles. The first-order valence-corrected chi connectivity index (χ1v) is 11.0. The van der Waals surface area contributed by atoms with Crippen molar-refractivity contribution in [2.75, 3.05) is 6.54 Å². The number of hydrogen-bond acceptors (Lipinski definition) is 4. The molecule has 1 atom stereocenters. The van der Waals surface area contributed by atoms with Crippen molar-refractivity contribution in [3.63, 3.8) is 0 Å². The number of aromatic nitrogens is 3. The van der Waals surface area contributed by atoms with Crippen LogP contribution in [0.5, 0.6) is 0 Å². The molecule has 1 saturated heterocycles. The summed E-state index contributed by atoms with van der Waals surface area (Å²) < 4.78 is 41.7. The maximum Gasteiger partial charge on any atom is 0.274 e. The van der Waals surface area contributed by atoms with Gasteiger partial charge < -0.3 is 9.88 Å². The predicted octanol–water partition coefficient (Wildman–Crippen LogP) is 5.56. The molecule has 0 radical (unpaired) electrons. The number of benzene rings is 2. The highest BCUT2D eigenvalue weighted by Crippen LogP contribution is 2.41. The molecule has 1 fully saturated rings. The van der Waals surface area contributed by atoms with Crippen molar-refractivity contribution in [1.82, 2.24) is 19.9 Å². The summed E-state index contributed by atoms with van der Waals surface area (Å²) in [7, 11) is 0. The summed E-state index contributed by atoms with van der Waals surface area (Å²) in [6.45, 7) is 4.11. The first kappa shape index (κ1) is 20.7. The number of amides is 1. The van der Waals surface area contributed by atoms with E-state index in [9.17, 15) is 18.0 Å². The number of imidazole rings is 1. The molecule has 2 aromatic heterocycles. The van der Waals surface area contributed by atoms with E-state index in [1.807, 2.05) is 6.92 Å². The van der Waals surface area contributed by atoms with Crippen LogP contribution in [-0.2, 0) is 5.54 Å². The van der Waals surface area contributed by atoms with E-state index in [0.29, 0.717) is 46.2 Å². The van der Waals surface area contributed by atoms with Crippen LogP contribution in [0.1, 0.15) is 41.1 Å². The van der Waals surface area contributed by atoms with E-state index >= 15 is 0 Å². The Hall–Kier alpha value is -3.20. The Labute approximate surface area is 185 Å². The molecule has 3 heterocycles. The Kier molecular flexibility index (Phi) is 4.81. The number of H-pyrrole nitrogens is 1.